The molecule has 0 radical (unpaired) electrons. The lowest BCUT2D eigenvalue weighted by molar-refractivity contribution is -0.167. The first-order chi connectivity index (χ1) is 39.5. The predicted molar refractivity (Wildman–Crippen MR) is 348 cm³/mol. The number of carbonyl (C=O) groups excluding carboxylic acids is 3. The van der Waals surface area contributed by atoms with Crippen LogP contribution >= 0.6 is 0 Å². The third kappa shape index (κ3) is 65.7. The quantitative estimate of drug-likeness (QED) is 0.0261. The van der Waals surface area contributed by atoms with Gasteiger partial charge < -0.3 is 14.2 Å². The van der Waals surface area contributed by atoms with Crippen molar-refractivity contribution in [2.24, 2.45) is 0 Å². The van der Waals surface area contributed by atoms with Gasteiger partial charge in [-0.15, -0.1) is 0 Å². The molecule has 0 fully saturated rings. The minimum Gasteiger partial charge on any atom is -0.462 e. The Balaban J connectivity index is 4.24. The summed E-state index contributed by atoms with van der Waals surface area (Å²) in [5.74, 6) is -0.948. The van der Waals surface area contributed by atoms with E-state index in [4.69, 9.17) is 14.2 Å². The smallest absolute Gasteiger partial charge is 0.306 e. The fourth-order valence-corrected chi connectivity index (χ4v) is 10.2. The van der Waals surface area contributed by atoms with Gasteiger partial charge in [-0.05, 0) is 83.5 Å². The van der Waals surface area contributed by atoms with E-state index in [-0.39, 0.29) is 37.5 Å². The molecule has 1 unspecified atom stereocenters. The summed E-state index contributed by atoms with van der Waals surface area (Å²) in [5.41, 5.74) is 0. The molecule has 0 aliphatic carbocycles. The van der Waals surface area contributed by atoms with E-state index < -0.39 is 6.10 Å². The van der Waals surface area contributed by atoms with Crippen LogP contribution in [0.4, 0.5) is 0 Å². The van der Waals surface area contributed by atoms with Crippen LogP contribution in [0.2, 0.25) is 0 Å². The lowest BCUT2D eigenvalue weighted by Crippen LogP contribution is -2.30. The van der Waals surface area contributed by atoms with E-state index >= 15 is 0 Å². The highest BCUT2D eigenvalue weighted by Crippen LogP contribution is 2.18. The van der Waals surface area contributed by atoms with Gasteiger partial charge in [-0.25, -0.2) is 0 Å². The molecule has 0 N–H and O–H groups in total. The molecule has 0 saturated carbocycles. The SMILES string of the molecule is CC/C=C\C/C=C\C/C=C\C/C=C\C/C=C\CCCC(=O)OC(COC(=O)CCCCCCC/C=C\CCCCCCCC)COC(=O)CCCCCCCCCCCCCCCCCCCCCCCCCCCCCCCC. The number of allylic oxidation sites excluding steroid dienone is 12. The van der Waals surface area contributed by atoms with E-state index in [9.17, 15) is 14.4 Å². The second-order valence-corrected chi connectivity index (χ2v) is 23.4. The minimum atomic E-state index is -0.809. The van der Waals surface area contributed by atoms with Gasteiger partial charge >= 0.3 is 17.9 Å². The third-order valence-electron chi connectivity index (χ3n) is 15.4. The Hall–Kier alpha value is -3.15. The van der Waals surface area contributed by atoms with Crippen LogP contribution in [0.15, 0.2) is 72.9 Å². The largest absolute Gasteiger partial charge is 0.462 e. The summed E-state index contributed by atoms with van der Waals surface area (Å²) in [5, 5.41) is 0. The molecule has 0 aliphatic rings. The molecule has 0 heterocycles. The van der Waals surface area contributed by atoms with Crippen LogP contribution in [0.1, 0.15) is 361 Å². The Labute approximate surface area is 497 Å². The molecule has 6 heteroatoms. The summed E-state index contributed by atoms with van der Waals surface area (Å²) in [6, 6.07) is 0. The van der Waals surface area contributed by atoms with Gasteiger partial charge in [0, 0.05) is 19.3 Å². The van der Waals surface area contributed by atoms with Crippen molar-refractivity contribution in [3.63, 3.8) is 0 Å². The van der Waals surface area contributed by atoms with Gasteiger partial charge in [0.2, 0.25) is 0 Å². The first-order valence-electron chi connectivity index (χ1n) is 34.9. The number of esters is 3. The molecular weight excluding hydrogens is 985 g/mol. The Kier molecular flexibility index (Phi) is 65.7. The number of hydrogen-bond donors (Lipinski definition) is 0. The van der Waals surface area contributed by atoms with Gasteiger partial charge in [0.1, 0.15) is 13.2 Å². The van der Waals surface area contributed by atoms with Crippen molar-refractivity contribution < 1.29 is 28.6 Å². The molecule has 0 bridgehead atoms. The first kappa shape index (κ1) is 76.9. The van der Waals surface area contributed by atoms with E-state index in [0.717, 1.165) is 83.5 Å². The molecule has 0 aliphatic heterocycles. The van der Waals surface area contributed by atoms with Crippen LogP contribution in [0.25, 0.3) is 0 Å². The van der Waals surface area contributed by atoms with Gasteiger partial charge in [0.15, 0.2) is 6.10 Å². The van der Waals surface area contributed by atoms with Crippen molar-refractivity contribution in [3.05, 3.63) is 72.9 Å². The Morgan fingerprint density at radius 1 is 0.263 bits per heavy atom. The molecular formula is C74H132O6. The van der Waals surface area contributed by atoms with E-state index in [2.05, 4.69) is 93.7 Å². The molecule has 80 heavy (non-hydrogen) atoms. The second kappa shape index (κ2) is 68.3. The van der Waals surface area contributed by atoms with Crippen molar-refractivity contribution >= 4 is 17.9 Å². The maximum Gasteiger partial charge on any atom is 0.306 e. The summed E-state index contributed by atoms with van der Waals surface area (Å²) in [4.78, 5) is 38.3. The number of hydrogen-bond acceptors (Lipinski definition) is 6. The summed E-state index contributed by atoms with van der Waals surface area (Å²) in [6.07, 6.45) is 89.5. The highest BCUT2D eigenvalue weighted by molar-refractivity contribution is 5.71. The van der Waals surface area contributed by atoms with Gasteiger partial charge in [-0.2, -0.15) is 0 Å². The molecule has 0 spiro atoms. The number of unbranched alkanes of at least 4 members (excludes halogenated alkanes) is 41. The van der Waals surface area contributed by atoms with Crippen molar-refractivity contribution in [1.82, 2.24) is 0 Å². The third-order valence-corrected chi connectivity index (χ3v) is 15.4. The number of rotatable bonds is 64. The Morgan fingerprint density at radius 2 is 0.500 bits per heavy atom. The summed E-state index contributed by atoms with van der Waals surface area (Å²) in [7, 11) is 0. The molecule has 0 amide bonds. The molecule has 6 nitrogen and oxygen atoms in total. The zero-order valence-electron chi connectivity index (χ0n) is 53.3. The van der Waals surface area contributed by atoms with Crippen molar-refractivity contribution in [2.45, 2.75) is 367 Å². The summed E-state index contributed by atoms with van der Waals surface area (Å²) >= 11 is 0. The van der Waals surface area contributed by atoms with Gasteiger partial charge in [-0.3, -0.25) is 14.4 Å². The number of carbonyl (C=O) groups is 3. The fraction of sp³-hybridized carbons (Fsp3) is 0.797. The lowest BCUT2D eigenvalue weighted by Gasteiger charge is -2.18. The van der Waals surface area contributed by atoms with Crippen molar-refractivity contribution in [1.29, 1.82) is 0 Å². The average Bonchev–Trinajstić information content (AvgIpc) is 3.46. The molecule has 0 saturated heterocycles. The van der Waals surface area contributed by atoms with Gasteiger partial charge in [-0.1, -0.05) is 331 Å². The first-order valence-corrected chi connectivity index (χ1v) is 34.9. The fourth-order valence-electron chi connectivity index (χ4n) is 10.2. The maximum atomic E-state index is 12.9. The second-order valence-electron chi connectivity index (χ2n) is 23.4. The summed E-state index contributed by atoms with van der Waals surface area (Å²) in [6.45, 7) is 6.52. The van der Waals surface area contributed by atoms with Crippen LogP contribution < -0.4 is 0 Å². The van der Waals surface area contributed by atoms with E-state index in [1.54, 1.807) is 0 Å². The number of ether oxygens (including phenoxy) is 3. The standard InChI is InChI=1S/C74H132O6/c1-4-7-10-13-16-19-22-25-28-30-31-32-33-34-35-36-37-38-39-40-41-42-44-46-49-52-55-58-61-64-67-73(76)79-70-71(69-78-72(75)66-63-60-57-54-51-48-45-27-24-21-18-15-12-9-6-3)80-74(77)68-65-62-59-56-53-50-47-43-29-26-23-20-17-14-11-8-5-2/h8,11,17,20,26-27,29,45,47,50,56,59,71H,4-7,9-10,12-16,18-19,21-25,28,30-44,46,48-49,51-55,57-58,60-70H2,1-3H3/b11-8-,20-17-,29-26-,45-27-,50-47-,59-56-. The lowest BCUT2D eigenvalue weighted by atomic mass is 10.0. The maximum absolute atomic E-state index is 12.9. The van der Waals surface area contributed by atoms with Gasteiger partial charge in [0.05, 0.1) is 0 Å². The molecule has 1 atom stereocenters. The van der Waals surface area contributed by atoms with E-state index in [0.29, 0.717) is 19.3 Å². The molecule has 0 rings (SSSR count). The molecule has 0 aromatic heterocycles. The van der Waals surface area contributed by atoms with E-state index in [1.165, 1.54) is 231 Å². The van der Waals surface area contributed by atoms with Crippen LogP contribution in [0, 0.1) is 0 Å². The average molecular weight is 1120 g/mol. The van der Waals surface area contributed by atoms with Crippen LogP contribution in [-0.4, -0.2) is 37.2 Å². The summed E-state index contributed by atoms with van der Waals surface area (Å²) < 4.78 is 16.9. The highest BCUT2D eigenvalue weighted by Gasteiger charge is 2.19. The predicted octanol–water partition coefficient (Wildman–Crippen LogP) is 24.1. The van der Waals surface area contributed by atoms with E-state index in [1.807, 2.05) is 0 Å². The van der Waals surface area contributed by atoms with Gasteiger partial charge in [0.25, 0.3) is 0 Å². The Bertz CT molecular complexity index is 1470. The zero-order chi connectivity index (χ0) is 57.8. The molecule has 0 aromatic rings. The highest BCUT2D eigenvalue weighted by atomic mass is 16.6. The van der Waals surface area contributed by atoms with Crippen molar-refractivity contribution in [3.8, 4) is 0 Å². The monoisotopic (exact) mass is 1120 g/mol. The zero-order valence-corrected chi connectivity index (χ0v) is 53.3. The normalized spacial score (nSPS) is 12.5. The minimum absolute atomic E-state index is 0.0976. The molecule has 0 aromatic carbocycles. The molecule has 464 valence electrons. The van der Waals surface area contributed by atoms with Crippen LogP contribution in [-0.2, 0) is 28.6 Å². The topological polar surface area (TPSA) is 78.9 Å². The van der Waals surface area contributed by atoms with Crippen LogP contribution in [0.3, 0.4) is 0 Å². The van der Waals surface area contributed by atoms with Crippen molar-refractivity contribution in [2.75, 3.05) is 13.2 Å². The Morgan fingerprint density at radius 3 is 0.812 bits per heavy atom. The van der Waals surface area contributed by atoms with Crippen LogP contribution in [0.5, 0.6) is 0 Å².